The van der Waals surface area contributed by atoms with Crippen molar-refractivity contribution in [1.29, 1.82) is 0 Å². The Bertz CT molecular complexity index is 1330. The number of benzene rings is 3. The van der Waals surface area contributed by atoms with Crippen molar-refractivity contribution in [2.75, 3.05) is 19.4 Å². The number of carbonyl (C=O) groups excluding carboxylic acids is 1. The Labute approximate surface area is 224 Å². The van der Waals surface area contributed by atoms with Crippen molar-refractivity contribution in [2.24, 2.45) is 0 Å². The van der Waals surface area contributed by atoms with E-state index in [9.17, 15) is 4.79 Å². The molecule has 4 rings (SSSR count). The summed E-state index contributed by atoms with van der Waals surface area (Å²) in [6.07, 6.45) is 1.89. The van der Waals surface area contributed by atoms with E-state index in [2.05, 4.69) is 79.2 Å². The molecule has 1 heterocycles. The smallest absolute Gasteiger partial charge is 0.251 e. The number of ether oxygens (including phenoxy) is 1. The molecule has 0 unspecified atom stereocenters. The normalized spacial score (nSPS) is 10.9. The molecule has 0 saturated carbocycles. The van der Waals surface area contributed by atoms with Crippen molar-refractivity contribution in [3.05, 3.63) is 89.5 Å². The number of aryl methyl sites for hydroxylation is 2. The van der Waals surface area contributed by atoms with Gasteiger partial charge < -0.3 is 14.6 Å². The van der Waals surface area contributed by atoms with Gasteiger partial charge in [0.1, 0.15) is 5.75 Å². The maximum absolute atomic E-state index is 12.4. The Morgan fingerprint density at radius 1 is 0.946 bits per heavy atom. The number of unbranched alkanes of at least 4 members (excludes halogenated alkanes) is 1. The Balaban J connectivity index is 1.42. The highest BCUT2D eigenvalue weighted by Gasteiger charge is 2.19. The van der Waals surface area contributed by atoms with Gasteiger partial charge in [-0.3, -0.25) is 4.79 Å². The van der Waals surface area contributed by atoms with Gasteiger partial charge in [-0.15, -0.1) is 0 Å². The second-order valence-electron chi connectivity index (χ2n) is 9.11. The van der Waals surface area contributed by atoms with Crippen molar-refractivity contribution >= 4 is 17.7 Å². The first-order valence-electron chi connectivity index (χ1n) is 12.8. The Kier molecular flexibility index (Phi) is 9.07. The van der Waals surface area contributed by atoms with Gasteiger partial charge in [-0.05, 0) is 51.8 Å². The quantitative estimate of drug-likeness (QED) is 0.171. The van der Waals surface area contributed by atoms with Crippen molar-refractivity contribution in [1.82, 2.24) is 14.9 Å². The third-order valence-corrected chi connectivity index (χ3v) is 7.38. The molecule has 0 bridgehead atoms. The van der Waals surface area contributed by atoms with Crippen LogP contribution in [0.25, 0.3) is 22.5 Å². The standard InChI is InChI=1S/C31H35N3O2S/c1-5-34-29(25-17-13-23(3)14-18-25)28(24-15-11-22(2)12-16-24)33-31(34)37-20-7-6-19-32-30(35)26-9-8-10-27(21-26)36-4/h8-18,21H,5-7,19-20H2,1-4H3,(H,32,35). The summed E-state index contributed by atoms with van der Waals surface area (Å²) in [5.41, 5.74) is 7.61. The molecule has 0 aliphatic carbocycles. The first-order chi connectivity index (χ1) is 18.0. The van der Waals surface area contributed by atoms with Gasteiger partial charge in [0.15, 0.2) is 5.16 Å². The van der Waals surface area contributed by atoms with Gasteiger partial charge in [0.05, 0.1) is 18.5 Å². The lowest BCUT2D eigenvalue weighted by atomic mass is 10.0. The minimum absolute atomic E-state index is 0.0708. The minimum atomic E-state index is -0.0708. The second-order valence-corrected chi connectivity index (χ2v) is 10.2. The zero-order valence-electron chi connectivity index (χ0n) is 22.1. The topological polar surface area (TPSA) is 56.2 Å². The fourth-order valence-corrected chi connectivity index (χ4v) is 5.27. The number of hydrogen-bond acceptors (Lipinski definition) is 4. The SMILES string of the molecule is CCn1c(SCCCCNC(=O)c2cccc(OC)c2)nc(-c2ccc(C)cc2)c1-c1ccc(C)cc1. The average Bonchev–Trinajstić information content (AvgIpc) is 3.29. The molecular formula is C31H35N3O2S. The van der Waals surface area contributed by atoms with E-state index in [0.717, 1.165) is 41.6 Å². The van der Waals surface area contributed by atoms with E-state index in [0.29, 0.717) is 17.9 Å². The van der Waals surface area contributed by atoms with Crippen LogP contribution >= 0.6 is 11.8 Å². The molecular weight excluding hydrogens is 478 g/mol. The van der Waals surface area contributed by atoms with E-state index in [4.69, 9.17) is 9.72 Å². The molecule has 5 nitrogen and oxygen atoms in total. The molecule has 4 aromatic rings. The van der Waals surface area contributed by atoms with Crippen LogP contribution in [0, 0.1) is 13.8 Å². The van der Waals surface area contributed by atoms with Gasteiger partial charge in [0.2, 0.25) is 0 Å². The molecule has 6 heteroatoms. The summed E-state index contributed by atoms with van der Waals surface area (Å²) in [5.74, 6) is 1.55. The summed E-state index contributed by atoms with van der Waals surface area (Å²) in [5, 5.41) is 4.05. The summed E-state index contributed by atoms with van der Waals surface area (Å²) in [7, 11) is 1.60. The fourth-order valence-electron chi connectivity index (χ4n) is 4.21. The van der Waals surface area contributed by atoms with Crippen LogP contribution in [-0.2, 0) is 6.54 Å². The lowest BCUT2D eigenvalue weighted by Crippen LogP contribution is -2.24. The zero-order valence-corrected chi connectivity index (χ0v) is 22.9. The van der Waals surface area contributed by atoms with Gasteiger partial charge >= 0.3 is 0 Å². The predicted octanol–water partition coefficient (Wildman–Crippen LogP) is 7.16. The highest BCUT2D eigenvalue weighted by Crippen LogP contribution is 2.36. The van der Waals surface area contributed by atoms with E-state index in [-0.39, 0.29) is 5.91 Å². The maximum atomic E-state index is 12.4. The molecule has 0 atom stereocenters. The van der Waals surface area contributed by atoms with E-state index in [1.807, 2.05) is 12.1 Å². The number of rotatable bonds is 11. The number of hydrogen-bond donors (Lipinski definition) is 1. The van der Waals surface area contributed by atoms with Gasteiger partial charge in [0, 0.05) is 35.5 Å². The second kappa shape index (κ2) is 12.6. The van der Waals surface area contributed by atoms with Gasteiger partial charge in [-0.2, -0.15) is 0 Å². The summed E-state index contributed by atoms with van der Waals surface area (Å²) in [6.45, 7) is 7.89. The van der Waals surface area contributed by atoms with Crippen LogP contribution in [-0.4, -0.2) is 34.9 Å². The third-order valence-electron chi connectivity index (χ3n) is 6.32. The molecule has 0 fully saturated rings. The average molecular weight is 514 g/mol. The lowest BCUT2D eigenvalue weighted by molar-refractivity contribution is 0.0953. The number of nitrogens with zero attached hydrogens (tertiary/aromatic N) is 2. The molecule has 1 amide bonds. The first-order valence-corrected chi connectivity index (χ1v) is 13.8. The summed E-state index contributed by atoms with van der Waals surface area (Å²) < 4.78 is 7.54. The van der Waals surface area contributed by atoms with Gasteiger partial charge in [0.25, 0.3) is 5.91 Å². The molecule has 0 aliphatic heterocycles. The first kappa shape index (κ1) is 26.6. The summed E-state index contributed by atoms with van der Waals surface area (Å²) in [4.78, 5) is 17.5. The Hall–Kier alpha value is -3.51. The molecule has 0 saturated heterocycles. The highest BCUT2D eigenvalue weighted by atomic mass is 32.2. The van der Waals surface area contributed by atoms with E-state index in [1.54, 1.807) is 31.0 Å². The molecule has 0 radical (unpaired) electrons. The van der Waals surface area contributed by atoms with Gasteiger partial charge in [-0.25, -0.2) is 4.98 Å². The molecule has 0 spiro atoms. The number of nitrogens with one attached hydrogen (secondary N) is 1. The fraction of sp³-hybridized carbons (Fsp3) is 0.290. The lowest BCUT2D eigenvalue weighted by Gasteiger charge is -2.11. The Morgan fingerprint density at radius 2 is 1.62 bits per heavy atom. The van der Waals surface area contributed by atoms with Crippen molar-refractivity contribution in [3.63, 3.8) is 0 Å². The third kappa shape index (κ3) is 6.63. The van der Waals surface area contributed by atoms with Crippen LogP contribution < -0.4 is 10.1 Å². The minimum Gasteiger partial charge on any atom is -0.497 e. The van der Waals surface area contributed by atoms with Crippen LogP contribution in [0.2, 0.25) is 0 Å². The Morgan fingerprint density at radius 3 is 2.27 bits per heavy atom. The van der Waals surface area contributed by atoms with Gasteiger partial charge in [-0.1, -0.05) is 77.5 Å². The number of thioether (sulfide) groups is 1. The van der Waals surface area contributed by atoms with E-state index < -0.39 is 0 Å². The van der Waals surface area contributed by atoms with Crippen molar-refractivity contribution in [3.8, 4) is 28.3 Å². The van der Waals surface area contributed by atoms with Crippen LogP contribution in [0.4, 0.5) is 0 Å². The molecule has 192 valence electrons. The monoisotopic (exact) mass is 513 g/mol. The number of amides is 1. The number of imidazole rings is 1. The number of methoxy groups -OCH3 is 1. The van der Waals surface area contributed by atoms with Crippen LogP contribution in [0.15, 0.2) is 78.0 Å². The highest BCUT2D eigenvalue weighted by molar-refractivity contribution is 7.99. The number of aromatic nitrogens is 2. The summed E-state index contributed by atoms with van der Waals surface area (Å²) >= 11 is 1.79. The van der Waals surface area contributed by atoms with Crippen molar-refractivity contribution in [2.45, 2.75) is 45.3 Å². The van der Waals surface area contributed by atoms with Crippen LogP contribution in [0.5, 0.6) is 5.75 Å². The number of carbonyl (C=O) groups is 1. The molecule has 0 aliphatic rings. The molecule has 37 heavy (non-hydrogen) atoms. The van der Waals surface area contributed by atoms with E-state index in [1.165, 1.54) is 22.4 Å². The predicted molar refractivity (Wildman–Crippen MR) is 154 cm³/mol. The molecule has 1 aromatic heterocycles. The largest absolute Gasteiger partial charge is 0.497 e. The van der Waals surface area contributed by atoms with Crippen LogP contribution in [0.3, 0.4) is 0 Å². The van der Waals surface area contributed by atoms with E-state index >= 15 is 0 Å². The molecule has 3 aromatic carbocycles. The summed E-state index contributed by atoms with van der Waals surface area (Å²) in [6, 6.07) is 24.5. The van der Waals surface area contributed by atoms with Crippen molar-refractivity contribution < 1.29 is 9.53 Å². The maximum Gasteiger partial charge on any atom is 0.251 e. The zero-order chi connectivity index (χ0) is 26.2. The molecule has 1 N–H and O–H groups in total. The van der Waals surface area contributed by atoms with Crippen LogP contribution in [0.1, 0.15) is 41.3 Å².